The van der Waals surface area contributed by atoms with Gasteiger partial charge >= 0.3 is 0 Å². The molecule has 7 nitrogen and oxygen atoms in total. The molecule has 3 aromatic rings. The van der Waals surface area contributed by atoms with Gasteiger partial charge in [0.15, 0.2) is 5.82 Å². The van der Waals surface area contributed by atoms with Crippen LogP contribution in [0.1, 0.15) is 19.8 Å². The Balaban J connectivity index is 1.62. The van der Waals surface area contributed by atoms with Crippen molar-refractivity contribution in [1.29, 1.82) is 0 Å². The number of halogens is 1. The molecule has 31 heavy (non-hydrogen) atoms. The van der Waals surface area contributed by atoms with Crippen LogP contribution in [-0.4, -0.2) is 35.9 Å². The lowest BCUT2D eigenvalue weighted by atomic mass is 9.99. The summed E-state index contributed by atoms with van der Waals surface area (Å²) in [7, 11) is 1.53. The standard InChI is InChI=1S/C23H25ClN4O3/c1-15-9-11-27(12-10-15)22-17-5-3-4-6-18(17)23(30)28(26-22)14-21(29)25-16-7-8-20(31-2)19(24)13-16/h3-8,13,15H,9-12,14H2,1-2H3,(H,25,29). The van der Waals surface area contributed by atoms with Crippen molar-refractivity contribution in [2.75, 3.05) is 30.4 Å². The topological polar surface area (TPSA) is 76.5 Å². The van der Waals surface area contributed by atoms with E-state index in [1.807, 2.05) is 18.2 Å². The second-order valence-corrected chi connectivity index (χ2v) is 8.31. The lowest BCUT2D eigenvalue weighted by Gasteiger charge is -2.32. The molecule has 0 atom stereocenters. The average Bonchev–Trinajstić information content (AvgIpc) is 2.76. The number of benzene rings is 2. The summed E-state index contributed by atoms with van der Waals surface area (Å²) >= 11 is 6.13. The maximum atomic E-state index is 13.0. The molecule has 1 fully saturated rings. The highest BCUT2D eigenvalue weighted by atomic mass is 35.5. The number of rotatable bonds is 5. The van der Waals surface area contributed by atoms with Gasteiger partial charge in [0.1, 0.15) is 12.3 Å². The van der Waals surface area contributed by atoms with Crippen LogP contribution in [0.25, 0.3) is 10.8 Å². The number of carbonyl (C=O) groups is 1. The van der Waals surface area contributed by atoms with Crippen LogP contribution < -0.4 is 20.5 Å². The summed E-state index contributed by atoms with van der Waals surface area (Å²) < 4.78 is 6.38. The monoisotopic (exact) mass is 440 g/mol. The predicted octanol–water partition coefficient (Wildman–Crippen LogP) is 3.93. The van der Waals surface area contributed by atoms with E-state index < -0.39 is 0 Å². The molecule has 1 aromatic heterocycles. The minimum absolute atomic E-state index is 0.190. The fraction of sp³-hybridized carbons (Fsp3) is 0.348. The smallest absolute Gasteiger partial charge is 0.275 e. The van der Waals surface area contributed by atoms with Crippen molar-refractivity contribution in [1.82, 2.24) is 9.78 Å². The van der Waals surface area contributed by atoms with Gasteiger partial charge < -0.3 is 15.0 Å². The fourth-order valence-corrected chi connectivity index (χ4v) is 4.12. The van der Waals surface area contributed by atoms with Gasteiger partial charge in [0.05, 0.1) is 17.5 Å². The van der Waals surface area contributed by atoms with E-state index in [9.17, 15) is 9.59 Å². The molecule has 0 aliphatic carbocycles. The van der Waals surface area contributed by atoms with Crippen molar-refractivity contribution in [2.24, 2.45) is 5.92 Å². The molecule has 1 amide bonds. The number of amides is 1. The summed E-state index contributed by atoms with van der Waals surface area (Å²) in [6, 6.07) is 12.4. The Morgan fingerprint density at radius 3 is 2.58 bits per heavy atom. The summed E-state index contributed by atoms with van der Waals surface area (Å²) in [4.78, 5) is 27.9. The van der Waals surface area contributed by atoms with Gasteiger partial charge in [-0.1, -0.05) is 36.7 Å². The van der Waals surface area contributed by atoms with Crippen LogP contribution in [-0.2, 0) is 11.3 Å². The molecule has 0 spiro atoms. The predicted molar refractivity (Wildman–Crippen MR) is 123 cm³/mol. The Hall–Kier alpha value is -3.06. The number of ether oxygens (including phenoxy) is 1. The first-order valence-corrected chi connectivity index (χ1v) is 10.7. The van der Waals surface area contributed by atoms with Crippen molar-refractivity contribution in [3.63, 3.8) is 0 Å². The third-order valence-corrected chi connectivity index (χ3v) is 5.96. The van der Waals surface area contributed by atoms with Crippen molar-refractivity contribution < 1.29 is 9.53 Å². The van der Waals surface area contributed by atoms with Gasteiger partial charge in [-0.15, -0.1) is 0 Å². The van der Waals surface area contributed by atoms with Crippen LogP contribution in [0.5, 0.6) is 5.75 Å². The number of fused-ring (bicyclic) bond motifs is 1. The van der Waals surface area contributed by atoms with Crippen LogP contribution in [0.3, 0.4) is 0 Å². The number of hydrogen-bond donors (Lipinski definition) is 1. The number of nitrogens with zero attached hydrogens (tertiary/aromatic N) is 3. The molecule has 162 valence electrons. The molecule has 1 aliphatic rings. The van der Waals surface area contributed by atoms with E-state index in [2.05, 4.69) is 22.2 Å². The zero-order valence-corrected chi connectivity index (χ0v) is 18.4. The Kier molecular flexibility index (Phi) is 6.13. The van der Waals surface area contributed by atoms with E-state index in [-0.39, 0.29) is 18.0 Å². The maximum Gasteiger partial charge on any atom is 0.275 e. The number of methoxy groups -OCH3 is 1. The molecule has 2 aromatic carbocycles. The van der Waals surface area contributed by atoms with Crippen molar-refractivity contribution >= 4 is 39.8 Å². The quantitative estimate of drug-likeness (QED) is 0.650. The molecule has 0 saturated carbocycles. The molecule has 1 saturated heterocycles. The second kappa shape index (κ2) is 8.98. The minimum Gasteiger partial charge on any atom is -0.495 e. The van der Waals surface area contributed by atoms with Gasteiger partial charge in [0.2, 0.25) is 5.91 Å². The zero-order valence-electron chi connectivity index (χ0n) is 17.6. The first kappa shape index (κ1) is 21.2. The van der Waals surface area contributed by atoms with Crippen molar-refractivity contribution in [2.45, 2.75) is 26.3 Å². The lowest BCUT2D eigenvalue weighted by molar-refractivity contribution is -0.117. The number of hydrogen-bond acceptors (Lipinski definition) is 5. The van der Waals surface area contributed by atoms with Crippen molar-refractivity contribution in [3.8, 4) is 5.75 Å². The zero-order chi connectivity index (χ0) is 22.0. The fourth-order valence-electron chi connectivity index (χ4n) is 3.86. The Bertz CT molecular complexity index is 1170. The first-order valence-electron chi connectivity index (χ1n) is 10.3. The molecule has 1 aliphatic heterocycles. The largest absolute Gasteiger partial charge is 0.495 e. The van der Waals surface area contributed by atoms with Crippen LogP contribution in [0, 0.1) is 5.92 Å². The van der Waals surface area contributed by atoms with Gasteiger partial charge in [0.25, 0.3) is 5.56 Å². The molecular formula is C23H25ClN4O3. The van der Waals surface area contributed by atoms with Crippen LogP contribution in [0.15, 0.2) is 47.3 Å². The Morgan fingerprint density at radius 1 is 1.19 bits per heavy atom. The van der Waals surface area contributed by atoms with Gasteiger partial charge in [-0.2, -0.15) is 5.10 Å². The first-order chi connectivity index (χ1) is 15.0. The van der Waals surface area contributed by atoms with E-state index in [1.165, 1.54) is 11.8 Å². The summed E-state index contributed by atoms with van der Waals surface area (Å²) in [6.07, 6.45) is 2.15. The van der Waals surface area contributed by atoms with E-state index in [0.717, 1.165) is 37.1 Å². The number of piperidine rings is 1. The number of aromatic nitrogens is 2. The molecule has 0 radical (unpaired) electrons. The number of nitrogens with one attached hydrogen (secondary N) is 1. The molecular weight excluding hydrogens is 416 g/mol. The number of anilines is 2. The minimum atomic E-state index is -0.357. The summed E-state index contributed by atoms with van der Waals surface area (Å²) in [6.45, 7) is 3.82. The highest BCUT2D eigenvalue weighted by molar-refractivity contribution is 6.32. The van der Waals surface area contributed by atoms with Crippen LogP contribution in [0.4, 0.5) is 11.5 Å². The second-order valence-electron chi connectivity index (χ2n) is 7.90. The van der Waals surface area contributed by atoms with E-state index in [1.54, 1.807) is 24.3 Å². The normalized spacial score (nSPS) is 14.6. The molecule has 0 bridgehead atoms. The summed E-state index contributed by atoms with van der Waals surface area (Å²) in [5, 5.41) is 9.14. The van der Waals surface area contributed by atoms with Gasteiger partial charge in [-0.3, -0.25) is 9.59 Å². The van der Waals surface area contributed by atoms with E-state index in [4.69, 9.17) is 16.3 Å². The third-order valence-electron chi connectivity index (χ3n) is 5.66. The summed E-state index contributed by atoms with van der Waals surface area (Å²) in [5.74, 6) is 1.59. The summed E-state index contributed by atoms with van der Waals surface area (Å²) in [5.41, 5.74) is 0.238. The third kappa shape index (κ3) is 4.51. The molecule has 8 heteroatoms. The highest BCUT2D eigenvalue weighted by Gasteiger charge is 2.21. The SMILES string of the molecule is COc1ccc(NC(=O)Cn2nc(N3CCC(C)CC3)c3ccccc3c2=O)cc1Cl. The van der Waals surface area contributed by atoms with Crippen LogP contribution >= 0.6 is 11.6 Å². The Morgan fingerprint density at radius 2 is 1.90 bits per heavy atom. The van der Waals surface area contributed by atoms with Gasteiger partial charge in [0, 0.05) is 24.2 Å². The van der Waals surface area contributed by atoms with Crippen LogP contribution in [0.2, 0.25) is 5.02 Å². The lowest BCUT2D eigenvalue weighted by Crippen LogP contribution is -2.37. The molecule has 2 heterocycles. The van der Waals surface area contributed by atoms with Gasteiger partial charge in [-0.05, 0) is 43.0 Å². The Labute approximate surface area is 185 Å². The van der Waals surface area contributed by atoms with E-state index in [0.29, 0.717) is 27.8 Å². The van der Waals surface area contributed by atoms with Gasteiger partial charge in [-0.25, -0.2) is 4.68 Å². The molecule has 1 N–H and O–H groups in total. The highest BCUT2D eigenvalue weighted by Crippen LogP contribution is 2.28. The number of carbonyl (C=O) groups excluding carboxylic acids is 1. The molecule has 4 rings (SSSR count). The average molecular weight is 441 g/mol. The maximum absolute atomic E-state index is 13.0. The molecule has 0 unspecified atom stereocenters. The van der Waals surface area contributed by atoms with Crippen molar-refractivity contribution in [3.05, 3.63) is 57.8 Å². The van der Waals surface area contributed by atoms with E-state index >= 15 is 0 Å².